The third kappa shape index (κ3) is 3.30. The van der Waals surface area contributed by atoms with E-state index in [1.54, 1.807) is 11.3 Å². The van der Waals surface area contributed by atoms with Crippen molar-refractivity contribution in [3.8, 4) is 11.1 Å². The predicted octanol–water partition coefficient (Wildman–Crippen LogP) is 5.02. The number of para-hydroxylation sites is 1. The number of anilines is 1. The molecule has 138 valence electrons. The number of thiazole rings is 1. The topological polar surface area (TPSA) is 51.2 Å². The van der Waals surface area contributed by atoms with Gasteiger partial charge in [-0.3, -0.25) is 4.79 Å². The molecular formula is C23H18N2O2S. The summed E-state index contributed by atoms with van der Waals surface area (Å²) in [5, 5.41) is 3.81. The zero-order chi connectivity index (χ0) is 18.9. The highest BCUT2D eigenvalue weighted by Gasteiger charge is 2.18. The molecule has 0 aliphatic heterocycles. The zero-order valence-electron chi connectivity index (χ0n) is 15.1. The summed E-state index contributed by atoms with van der Waals surface area (Å²) >= 11 is 1.59. The Balaban J connectivity index is 1.21. The van der Waals surface area contributed by atoms with Crippen LogP contribution in [0.3, 0.4) is 0 Å². The highest BCUT2D eigenvalue weighted by Crippen LogP contribution is 2.37. The van der Waals surface area contributed by atoms with E-state index in [4.69, 9.17) is 4.74 Å². The molecule has 28 heavy (non-hydrogen) atoms. The maximum atomic E-state index is 12.3. The van der Waals surface area contributed by atoms with E-state index in [9.17, 15) is 4.79 Å². The molecule has 5 rings (SSSR count). The van der Waals surface area contributed by atoms with Crippen LogP contribution in [0.2, 0.25) is 0 Å². The van der Waals surface area contributed by atoms with Gasteiger partial charge in [0.05, 0.1) is 16.8 Å². The van der Waals surface area contributed by atoms with Crippen LogP contribution in [0, 0.1) is 0 Å². The number of aromatic nitrogens is 1. The Morgan fingerprint density at radius 1 is 1.00 bits per heavy atom. The first-order chi connectivity index (χ1) is 13.8. The average molecular weight is 386 g/mol. The lowest BCUT2D eigenvalue weighted by Crippen LogP contribution is -2.18. The molecular weight excluding hydrogens is 368 g/mol. The van der Waals surface area contributed by atoms with Gasteiger partial charge in [-0.25, -0.2) is 4.98 Å². The van der Waals surface area contributed by atoms with Gasteiger partial charge in [-0.05, 0) is 52.9 Å². The van der Waals surface area contributed by atoms with Crippen LogP contribution in [0.1, 0.15) is 16.1 Å². The third-order valence-corrected chi connectivity index (χ3v) is 5.89. The van der Waals surface area contributed by atoms with Crippen molar-refractivity contribution in [3.05, 3.63) is 82.9 Å². The number of hydrogen-bond acceptors (Lipinski definition) is 4. The maximum Gasteiger partial charge on any atom is 0.250 e. The minimum atomic E-state index is -0.160. The number of rotatable bonds is 5. The van der Waals surface area contributed by atoms with E-state index in [0.717, 1.165) is 27.3 Å². The molecule has 1 amide bonds. The van der Waals surface area contributed by atoms with Gasteiger partial charge in [0.15, 0.2) is 0 Å². The molecule has 1 N–H and O–H groups in total. The van der Waals surface area contributed by atoms with Crippen molar-refractivity contribution in [1.82, 2.24) is 4.98 Å². The van der Waals surface area contributed by atoms with Crippen LogP contribution in [-0.4, -0.2) is 17.5 Å². The van der Waals surface area contributed by atoms with Crippen LogP contribution < -0.4 is 5.32 Å². The minimum Gasteiger partial charge on any atom is -0.364 e. The zero-order valence-corrected chi connectivity index (χ0v) is 16.0. The van der Waals surface area contributed by atoms with Gasteiger partial charge in [-0.1, -0.05) is 42.5 Å². The predicted molar refractivity (Wildman–Crippen MR) is 113 cm³/mol. The molecule has 1 aliphatic rings. The second-order valence-electron chi connectivity index (χ2n) is 6.82. The molecule has 0 unspecified atom stereocenters. The number of benzene rings is 3. The number of carbonyl (C=O) groups excluding carboxylic acids is 1. The number of amides is 1. The maximum absolute atomic E-state index is 12.3. The Bertz CT molecular complexity index is 1150. The summed E-state index contributed by atoms with van der Waals surface area (Å²) in [6.45, 7) is 0.341. The lowest BCUT2D eigenvalue weighted by Gasteiger charge is -2.08. The van der Waals surface area contributed by atoms with Crippen LogP contribution in [0.4, 0.5) is 5.69 Å². The number of ether oxygens (including phenoxy) is 1. The van der Waals surface area contributed by atoms with E-state index < -0.39 is 0 Å². The molecule has 0 spiro atoms. The summed E-state index contributed by atoms with van der Waals surface area (Å²) in [4.78, 5) is 16.8. The summed E-state index contributed by atoms with van der Waals surface area (Å²) < 4.78 is 6.70. The molecule has 4 nitrogen and oxygen atoms in total. The summed E-state index contributed by atoms with van der Waals surface area (Å²) in [5.74, 6) is -0.160. The number of nitrogens with one attached hydrogen (secondary N) is 1. The van der Waals surface area contributed by atoms with E-state index in [2.05, 4.69) is 40.6 Å². The van der Waals surface area contributed by atoms with Gasteiger partial charge in [0.2, 0.25) is 5.91 Å². The smallest absolute Gasteiger partial charge is 0.250 e. The standard InChI is InChI=1S/C23H18N2O2S/c26-22(13-27-14-23-25-20-7-3-4-8-21(20)28-23)24-17-10-9-16-11-15-5-1-2-6-18(15)19(16)12-17/h1-10,12H,11,13-14H2,(H,24,26). The molecule has 5 heteroatoms. The van der Waals surface area contributed by atoms with Gasteiger partial charge in [0.1, 0.15) is 11.6 Å². The summed E-state index contributed by atoms with van der Waals surface area (Å²) in [7, 11) is 0. The van der Waals surface area contributed by atoms with Crippen LogP contribution in [0.25, 0.3) is 21.3 Å². The fraction of sp³-hybridized carbons (Fsp3) is 0.130. The van der Waals surface area contributed by atoms with Gasteiger partial charge in [0, 0.05) is 5.69 Å². The summed E-state index contributed by atoms with van der Waals surface area (Å²) in [5.41, 5.74) is 6.84. The van der Waals surface area contributed by atoms with Gasteiger partial charge in [-0.15, -0.1) is 11.3 Å². The Kier molecular flexibility index (Phi) is 4.39. The number of carbonyl (C=O) groups is 1. The van der Waals surface area contributed by atoms with Crippen LogP contribution in [0.5, 0.6) is 0 Å². The lowest BCUT2D eigenvalue weighted by atomic mass is 10.1. The van der Waals surface area contributed by atoms with Crippen molar-refractivity contribution in [1.29, 1.82) is 0 Å². The molecule has 1 aromatic heterocycles. The van der Waals surface area contributed by atoms with E-state index in [1.807, 2.05) is 36.4 Å². The Hall–Kier alpha value is -3.02. The van der Waals surface area contributed by atoms with E-state index in [0.29, 0.717) is 6.61 Å². The van der Waals surface area contributed by atoms with Gasteiger partial charge in [-0.2, -0.15) is 0 Å². The first-order valence-electron chi connectivity index (χ1n) is 9.19. The van der Waals surface area contributed by atoms with Crippen molar-refractivity contribution < 1.29 is 9.53 Å². The lowest BCUT2D eigenvalue weighted by molar-refractivity contribution is -0.121. The molecule has 0 saturated carbocycles. The van der Waals surface area contributed by atoms with Gasteiger partial charge in [0.25, 0.3) is 0 Å². The first kappa shape index (κ1) is 17.1. The number of fused-ring (bicyclic) bond motifs is 4. The monoisotopic (exact) mass is 386 g/mol. The van der Waals surface area contributed by atoms with Crippen molar-refractivity contribution >= 4 is 33.1 Å². The second-order valence-corrected chi connectivity index (χ2v) is 7.94. The molecule has 1 heterocycles. The Morgan fingerprint density at radius 2 is 1.82 bits per heavy atom. The molecule has 3 aromatic carbocycles. The van der Waals surface area contributed by atoms with Gasteiger partial charge >= 0.3 is 0 Å². The molecule has 0 saturated heterocycles. The highest BCUT2D eigenvalue weighted by atomic mass is 32.1. The normalized spacial score (nSPS) is 12.0. The first-order valence-corrected chi connectivity index (χ1v) is 10.0. The Labute approximate surface area is 166 Å². The third-order valence-electron chi connectivity index (χ3n) is 4.88. The number of nitrogens with zero attached hydrogens (tertiary/aromatic N) is 1. The fourth-order valence-corrected chi connectivity index (χ4v) is 4.52. The minimum absolute atomic E-state index is 0.00357. The molecule has 0 fully saturated rings. The quantitative estimate of drug-likeness (QED) is 0.461. The summed E-state index contributed by atoms with van der Waals surface area (Å²) in [6, 6.07) is 22.5. The van der Waals surface area contributed by atoms with Crippen LogP contribution in [0.15, 0.2) is 66.7 Å². The van der Waals surface area contributed by atoms with Crippen molar-refractivity contribution in [2.24, 2.45) is 0 Å². The van der Waals surface area contributed by atoms with Crippen LogP contribution in [-0.2, 0) is 22.6 Å². The van der Waals surface area contributed by atoms with E-state index in [1.165, 1.54) is 22.3 Å². The van der Waals surface area contributed by atoms with Crippen molar-refractivity contribution in [2.75, 3.05) is 11.9 Å². The highest BCUT2D eigenvalue weighted by molar-refractivity contribution is 7.18. The van der Waals surface area contributed by atoms with E-state index >= 15 is 0 Å². The molecule has 0 atom stereocenters. The largest absolute Gasteiger partial charge is 0.364 e. The molecule has 0 bridgehead atoms. The molecule has 0 radical (unpaired) electrons. The molecule has 4 aromatic rings. The SMILES string of the molecule is O=C(COCc1nc2ccccc2s1)Nc1ccc2c(c1)-c1ccccc1C2. The van der Waals surface area contributed by atoms with Crippen molar-refractivity contribution in [3.63, 3.8) is 0 Å². The van der Waals surface area contributed by atoms with Crippen LogP contribution >= 0.6 is 11.3 Å². The van der Waals surface area contributed by atoms with Gasteiger partial charge < -0.3 is 10.1 Å². The average Bonchev–Trinajstić information content (AvgIpc) is 3.28. The van der Waals surface area contributed by atoms with E-state index in [-0.39, 0.29) is 12.5 Å². The second kappa shape index (κ2) is 7.19. The molecule has 1 aliphatic carbocycles. The summed E-state index contributed by atoms with van der Waals surface area (Å²) in [6.07, 6.45) is 0.949. The van der Waals surface area contributed by atoms with Crippen molar-refractivity contribution in [2.45, 2.75) is 13.0 Å². The number of hydrogen-bond donors (Lipinski definition) is 1. The fourth-order valence-electron chi connectivity index (χ4n) is 3.61. The Morgan fingerprint density at radius 3 is 2.75 bits per heavy atom.